The summed E-state index contributed by atoms with van der Waals surface area (Å²) in [6.07, 6.45) is 6.27. The van der Waals surface area contributed by atoms with E-state index in [1.807, 2.05) is 29.9 Å². The first-order valence-corrected chi connectivity index (χ1v) is 8.14. The van der Waals surface area contributed by atoms with Gasteiger partial charge in [0.15, 0.2) is 5.16 Å². The third kappa shape index (κ3) is 3.39. The molecule has 0 saturated heterocycles. The molecular formula is C13H15N3OS2. The topological polar surface area (TPSA) is 46.9 Å². The molecule has 0 unspecified atom stereocenters. The van der Waals surface area contributed by atoms with Crippen LogP contribution in [0.25, 0.3) is 0 Å². The normalized spacial score (nSPS) is 14.5. The summed E-state index contributed by atoms with van der Waals surface area (Å²) >= 11 is 3.17. The molecule has 0 aliphatic heterocycles. The summed E-state index contributed by atoms with van der Waals surface area (Å²) in [7, 11) is 0. The molecule has 2 aromatic heterocycles. The minimum Gasteiger partial charge on any atom is -0.350 e. The predicted octanol–water partition coefficient (Wildman–Crippen LogP) is 2.69. The van der Waals surface area contributed by atoms with Gasteiger partial charge in [-0.05, 0) is 24.3 Å². The largest absolute Gasteiger partial charge is 0.350 e. The van der Waals surface area contributed by atoms with Crippen molar-refractivity contribution in [1.29, 1.82) is 0 Å². The first-order chi connectivity index (χ1) is 9.33. The molecule has 1 aliphatic rings. The van der Waals surface area contributed by atoms with Gasteiger partial charge in [0.05, 0.1) is 12.3 Å². The summed E-state index contributed by atoms with van der Waals surface area (Å²) < 4.78 is 2.18. The maximum Gasteiger partial charge on any atom is 0.230 e. The number of aromatic nitrogens is 2. The van der Waals surface area contributed by atoms with E-state index in [0.29, 0.717) is 18.3 Å². The van der Waals surface area contributed by atoms with Crippen LogP contribution in [-0.2, 0) is 11.3 Å². The van der Waals surface area contributed by atoms with Crippen molar-refractivity contribution in [1.82, 2.24) is 14.9 Å². The first kappa shape index (κ1) is 12.7. The molecule has 4 nitrogen and oxygen atoms in total. The van der Waals surface area contributed by atoms with Crippen LogP contribution in [0.3, 0.4) is 0 Å². The minimum absolute atomic E-state index is 0.0590. The van der Waals surface area contributed by atoms with Gasteiger partial charge in [0, 0.05) is 23.3 Å². The Kier molecular flexibility index (Phi) is 3.89. The quantitative estimate of drug-likeness (QED) is 0.833. The van der Waals surface area contributed by atoms with Crippen LogP contribution >= 0.6 is 23.1 Å². The van der Waals surface area contributed by atoms with Crippen LogP contribution in [0.2, 0.25) is 0 Å². The van der Waals surface area contributed by atoms with Crippen molar-refractivity contribution in [3.05, 3.63) is 34.8 Å². The molecule has 2 aromatic rings. The van der Waals surface area contributed by atoms with Crippen molar-refractivity contribution in [2.45, 2.75) is 30.6 Å². The van der Waals surface area contributed by atoms with Crippen LogP contribution in [0.5, 0.6) is 0 Å². The molecule has 100 valence electrons. The highest BCUT2D eigenvalue weighted by atomic mass is 32.2. The van der Waals surface area contributed by atoms with Crippen LogP contribution < -0.4 is 5.32 Å². The lowest BCUT2D eigenvalue weighted by Crippen LogP contribution is -2.24. The van der Waals surface area contributed by atoms with Gasteiger partial charge in [-0.2, -0.15) is 0 Å². The third-order valence-electron chi connectivity index (χ3n) is 2.95. The molecule has 3 rings (SSSR count). The Balaban J connectivity index is 1.46. The zero-order valence-electron chi connectivity index (χ0n) is 10.4. The highest BCUT2D eigenvalue weighted by molar-refractivity contribution is 7.99. The lowest BCUT2D eigenvalue weighted by Gasteiger charge is -2.06. The van der Waals surface area contributed by atoms with Crippen molar-refractivity contribution in [3.63, 3.8) is 0 Å². The van der Waals surface area contributed by atoms with Crippen molar-refractivity contribution < 1.29 is 4.79 Å². The number of hydrogen-bond acceptors (Lipinski definition) is 4. The average molecular weight is 293 g/mol. The van der Waals surface area contributed by atoms with Gasteiger partial charge in [0.1, 0.15) is 0 Å². The van der Waals surface area contributed by atoms with E-state index in [2.05, 4.69) is 14.9 Å². The Morgan fingerprint density at radius 3 is 3.21 bits per heavy atom. The maximum absolute atomic E-state index is 11.8. The van der Waals surface area contributed by atoms with Crippen LogP contribution in [0, 0.1) is 0 Å². The summed E-state index contributed by atoms with van der Waals surface area (Å²) in [5, 5.41) is 5.89. The number of thiophene rings is 1. The van der Waals surface area contributed by atoms with Gasteiger partial charge in [-0.1, -0.05) is 17.8 Å². The smallest absolute Gasteiger partial charge is 0.230 e. The monoisotopic (exact) mass is 293 g/mol. The Morgan fingerprint density at radius 2 is 2.47 bits per heavy atom. The Bertz CT molecular complexity index is 546. The Labute approximate surface area is 120 Å². The van der Waals surface area contributed by atoms with Gasteiger partial charge in [0.25, 0.3) is 0 Å². The van der Waals surface area contributed by atoms with E-state index < -0.39 is 0 Å². The number of rotatable bonds is 6. The number of nitrogens with one attached hydrogen (secondary N) is 1. The van der Waals surface area contributed by atoms with Gasteiger partial charge in [0.2, 0.25) is 5.91 Å². The fourth-order valence-corrected chi connectivity index (χ4v) is 3.32. The van der Waals surface area contributed by atoms with Crippen LogP contribution in [0.4, 0.5) is 0 Å². The van der Waals surface area contributed by atoms with Crippen LogP contribution in [0.15, 0.2) is 35.1 Å². The molecule has 1 fully saturated rings. The van der Waals surface area contributed by atoms with Crippen molar-refractivity contribution in [2.24, 2.45) is 0 Å². The Morgan fingerprint density at radius 1 is 1.58 bits per heavy atom. The molecule has 0 aromatic carbocycles. The number of carbonyl (C=O) groups excluding carboxylic acids is 1. The zero-order chi connectivity index (χ0) is 13.1. The molecule has 1 saturated carbocycles. The van der Waals surface area contributed by atoms with E-state index in [-0.39, 0.29) is 5.91 Å². The summed E-state index contributed by atoms with van der Waals surface area (Å²) in [5.74, 6) is 0.485. The van der Waals surface area contributed by atoms with Crippen LogP contribution in [0.1, 0.15) is 23.8 Å². The summed E-state index contributed by atoms with van der Waals surface area (Å²) in [6.45, 7) is 0.619. The molecule has 0 bridgehead atoms. The van der Waals surface area contributed by atoms with Gasteiger partial charge in [-0.25, -0.2) is 4.98 Å². The van der Waals surface area contributed by atoms with Crippen molar-refractivity contribution >= 4 is 29.0 Å². The fraction of sp³-hybridized carbons (Fsp3) is 0.385. The number of amides is 1. The summed E-state index contributed by atoms with van der Waals surface area (Å²) in [5.41, 5.74) is 0. The maximum atomic E-state index is 11.8. The summed E-state index contributed by atoms with van der Waals surface area (Å²) in [6, 6.07) is 4.63. The molecule has 1 amide bonds. The Hall–Kier alpha value is -1.27. The molecule has 0 radical (unpaired) electrons. The van der Waals surface area contributed by atoms with E-state index in [4.69, 9.17) is 0 Å². The predicted molar refractivity (Wildman–Crippen MR) is 77.4 cm³/mol. The standard InChI is InChI=1S/C13H15N3OS2/c17-12(15-8-11-2-1-7-18-11)9-19-13-14-5-6-16(13)10-3-4-10/h1-2,5-7,10H,3-4,8-9H2,(H,15,17). The summed E-state index contributed by atoms with van der Waals surface area (Å²) in [4.78, 5) is 17.3. The number of carbonyl (C=O) groups is 1. The average Bonchev–Trinajstić information content (AvgIpc) is 2.94. The van der Waals surface area contributed by atoms with Crippen molar-refractivity contribution in [3.8, 4) is 0 Å². The molecule has 19 heavy (non-hydrogen) atoms. The number of hydrogen-bond donors (Lipinski definition) is 1. The van der Waals surface area contributed by atoms with E-state index in [1.54, 1.807) is 11.3 Å². The highest BCUT2D eigenvalue weighted by Gasteiger charge is 2.25. The van der Waals surface area contributed by atoms with E-state index >= 15 is 0 Å². The second kappa shape index (κ2) is 5.79. The zero-order valence-corrected chi connectivity index (χ0v) is 12.0. The van der Waals surface area contributed by atoms with E-state index in [1.165, 1.54) is 29.5 Å². The fourth-order valence-electron chi connectivity index (χ4n) is 1.82. The van der Waals surface area contributed by atoms with Gasteiger partial charge in [-0.15, -0.1) is 11.3 Å². The molecule has 2 heterocycles. The van der Waals surface area contributed by atoms with E-state index in [0.717, 1.165) is 5.16 Å². The molecule has 1 N–H and O–H groups in total. The molecule has 0 spiro atoms. The molecule has 1 aliphatic carbocycles. The molecule has 0 atom stereocenters. The SMILES string of the molecule is O=C(CSc1nccn1C1CC1)NCc1cccs1. The van der Waals surface area contributed by atoms with Gasteiger partial charge in [-0.3, -0.25) is 4.79 Å². The number of thioether (sulfide) groups is 1. The van der Waals surface area contributed by atoms with Gasteiger partial charge >= 0.3 is 0 Å². The minimum atomic E-state index is 0.0590. The number of nitrogens with zero attached hydrogens (tertiary/aromatic N) is 2. The lowest BCUT2D eigenvalue weighted by molar-refractivity contribution is -0.118. The molecule has 6 heteroatoms. The highest BCUT2D eigenvalue weighted by Crippen LogP contribution is 2.37. The molecular weight excluding hydrogens is 278 g/mol. The lowest BCUT2D eigenvalue weighted by atomic mass is 10.4. The van der Waals surface area contributed by atoms with Gasteiger partial charge < -0.3 is 9.88 Å². The first-order valence-electron chi connectivity index (χ1n) is 6.27. The third-order valence-corrected chi connectivity index (χ3v) is 4.80. The second-order valence-corrected chi connectivity index (χ2v) is 6.47. The second-order valence-electron chi connectivity index (χ2n) is 4.49. The van der Waals surface area contributed by atoms with Crippen molar-refractivity contribution in [2.75, 3.05) is 5.75 Å². The number of imidazole rings is 1. The van der Waals surface area contributed by atoms with Crippen LogP contribution in [-0.4, -0.2) is 21.2 Å². The van der Waals surface area contributed by atoms with E-state index in [9.17, 15) is 4.79 Å².